The maximum atomic E-state index is 12.1. The van der Waals surface area contributed by atoms with Crippen LogP contribution < -0.4 is 9.47 Å². The van der Waals surface area contributed by atoms with Gasteiger partial charge in [-0.05, 0) is 19.1 Å². The largest absolute Gasteiger partial charge is 0.504 e. The van der Waals surface area contributed by atoms with Crippen LogP contribution in [0.4, 0.5) is 0 Å². The number of hydrogen-bond donors (Lipinski definition) is 5. The molecule has 0 aliphatic heterocycles. The van der Waals surface area contributed by atoms with E-state index in [-0.39, 0.29) is 17.9 Å². The number of benzene rings is 2. The van der Waals surface area contributed by atoms with Gasteiger partial charge in [0.25, 0.3) is 0 Å². The first-order chi connectivity index (χ1) is 12.7. The van der Waals surface area contributed by atoms with Gasteiger partial charge in [-0.1, -0.05) is 0 Å². The molecule has 27 heavy (non-hydrogen) atoms. The highest BCUT2D eigenvalue weighted by Gasteiger charge is 2.27. The monoisotopic (exact) mass is 380 g/mol. The zero-order valence-electron chi connectivity index (χ0n) is 14.2. The molecule has 2 rings (SSSR count). The van der Waals surface area contributed by atoms with Gasteiger partial charge in [-0.2, -0.15) is 0 Å². The number of methoxy groups -OCH3 is 1. The van der Waals surface area contributed by atoms with E-state index in [9.17, 15) is 30.0 Å². The lowest BCUT2D eigenvalue weighted by Gasteiger charge is -2.16. The highest BCUT2D eigenvalue weighted by molar-refractivity contribution is 5.95. The Morgan fingerprint density at radius 1 is 0.963 bits per heavy atom. The second-order valence-corrected chi connectivity index (χ2v) is 5.12. The van der Waals surface area contributed by atoms with Gasteiger partial charge in [0, 0.05) is 6.07 Å². The predicted octanol–water partition coefficient (Wildman–Crippen LogP) is 2.18. The molecular formula is C17H16O10. The molecule has 0 aromatic heterocycles. The first-order valence-electron chi connectivity index (χ1n) is 7.48. The Morgan fingerprint density at radius 2 is 1.56 bits per heavy atom. The lowest BCUT2D eigenvalue weighted by molar-refractivity contribution is 0.0521. The summed E-state index contributed by atoms with van der Waals surface area (Å²) < 4.78 is 14.9. The lowest BCUT2D eigenvalue weighted by atomic mass is 10.1. The molecule has 0 bridgehead atoms. The van der Waals surface area contributed by atoms with Crippen molar-refractivity contribution in [2.75, 3.05) is 13.7 Å². The summed E-state index contributed by atoms with van der Waals surface area (Å²) in [6, 6.07) is 2.62. The van der Waals surface area contributed by atoms with E-state index in [1.54, 1.807) is 0 Å². The number of carboxylic acid groups (broad SMARTS) is 1. The van der Waals surface area contributed by atoms with Gasteiger partial charge in [0.1, 0.15) is 5.56 Å². The molecule has 10 heteroatoms. The normalized spacial score (nSPS) is 10.3. The fourth-order valence-electron chi connectivity index (χ4n) is 2.16. The third-order valence-electron chi connectivity index (χ3n) is 3.41. The maximum absolute atomic E-state index is 12.1. The van der Waals surface area contributed by atoms with Gasteiger partial charge in [0.05, 0.1) is 19.3 Å². The first-order valence-corrected chi connectivity index (χ1v) is 7.48. The summed E-state index contributed by atoms with van der Waals surface area (Å²) in [5.74, 6) is -7.14. The Bertz CT molecular complexity index is 880. The number of aromatic hydroxyl groups is 4. The Labute approximate surface area is 152 Å². The van der Waals surface area contributed by atoms with Crippen LogP contribution in [0.2, 0.25) is 0 Å². The highest BCUT2D eigenvalue weighted by atomic mass is 16.5. The molecule has 144 valence electrons. The Hall–Kier alpha value is -3.82. The average molecular weight is 380 g/mol. The lowest BCUT2D eigenvalue weighted by Crippen LogP contribution is -2.07. The van der Waals surface area contributed by atoms with E-state index in [0.717, 1.165) is 18.2 Å². The number of esters is 1. The van der Waals surface area contributed by atoms with Crippen molar-refractivity contribution in [2.45, 2.75) is 6.92 Å². The van der Waals surface area contributed by atoms with Crippen LogP contribution in [-0.4, -0.2) is 51.2 Å². The molecule has 0 amide bonds. The zero-order chi connectivity index (χ0) is 20.3. The van der Waals surface area contributed by atoms with Crippen molar-refractivity contribution in [3.63, 3.8) is 0 Å². The molecule has 0 saturated heterocycles. The van der Waals surface area contributed by atoms with E-state index in [4.69, 9.17) is 19.3 Å². The second-order valence-electron chi connectivity index (χ2n) is 5.12. The van der Waals surface area contributed by atoms with Crippen molar-refractivity contribution < 1.29 is 49.3 Å². The number of aromatic carboxylic acids is 1. The predicted molar refractivity (Wildman–Crippen MR) is 89.1 cm³/mol. The summed E-state index contributed by atoms with van der Waals surface area (Å²) in [6.07, 6.45) is 0. The van der Waals surface area contributed by atoms with Crippen molar-refractivity contribution >= 4 is 11.9 Å². The summed E-state index contributed by atoms with van der Waals surface area (Å²) in [5.41, 5.74) is -0.796. The topological polar surface area (TPSA) is 163 Å². The molecule has 10 nitrogen and oxygen atoms in total. The molecule has 0 saturated carbocycles. The molecular weight excluding hydrogens is 364 g/mol. The average Bonchev–Trinajstić information content (AvgIpc) is 2.61. The number of carboxylic acids is 1. The molecule has 0 radical (unpaired) electrons. The maximum Gasteiger partial charge on any atom is 0.342 e. The minimum atomic E-state index is -1.41. The van der Waals surface area contributed by atoms with Crippen LogP contribution in [0.5, 0.6) is 40.2 Å². The number of phenols is 4. The van der Waals surface area contributed by atoms with Crippen molar-refractivity contribution in [2.24, 2.45) is 0 Å². The summed E-state index contributed by atoms with van der Waals surface area (Å²) in [7, 11) is 1.19. The fraction of sp³-hybridized carbons (Fsp3) is 0.176. The molecule has 5 N–H and O–H groups in total. The van der Waals surface area contributed by atoms with Gasteiger partial charge in [0.15, 0.2) is 23.0 Å². The molecule has 0 unspecified atom stereocenters. The van der Waals surface area contributed by atoms with Crippen molar-refractivity contribution in [3.8, 4) is 40.2 Å². The van der Waals surface area contributed by atoms with Gasteiger partial charge in [-0.15, -0.1) is 0 Å². The number of carbonyl (C=O) groups excluding carboxylic acids is 1. The SMILES string of the molecule is CCOC(=O)c1cc(OC)c(O)c(O)c1Oc1c(O)cc(C(=O)O)cc1O. The van der Waals surface area contributed by atoms with Gasteiger partial charge in [-0.3, -0.25) is 0 Å². The van der Waals surface area contributed by atoms with Gasteiger partial charge in [0.2, 0.25) is 17.2 Å². The first kappa shape index (κ1) is 19.5. The zero-order valence-corrected chi connectivity index (χ0v) is 14.2. The molecule has 0 aliphatic carbocycles. The molecule has 2 aromatic carbocycles. The highest BCUT2D eigenvalue weighted by Crippen LogP contribution is 2.49. The van der Waals surface area contributed by atoms with Gasteiger partial charge >= 0.3 is 11.9 Å². The Morgan fingerprint density at radius 3 is 2.04 bits per heavy atom. The molecule has 0 fully saturated rings. The fourth-order valence-corrected chi connectivity index (χ4v) is 2.16. The standard InChI is InChI=1S/C17H16O10/c1-3-26-17(24)8-6-11(25-2)12(20)13(21)14(8)27-15-9(18)4-7(16(22)23)5-10(15)19/h4-6,18-21H,3H2,1-2H3,(H,22,23). The number of ether oxygens (including phenoxy) is 3. The van der Waals surface area contributed by atoms with E-state index in [1.165, 1.54) is 14.0 Å². The molecule has 0 heterocycles. The van der Waals surface area contributed by atoms with Crippen LogP contribution in [0.3, 0.4) is 0 Å². The molecule has 2 aromatic rings. The van der Waals surface area contributed by atoms with Gasteiger partial charge in [-0.25, -0.2) is 9.59 Å². The summed E-state index contributed by atoms with van der Waals surface area (Å²) in [4.78, 5) is 23.1. The van der Waals surface area contributed by atoms with E-state index >= 15 is 0 Å². The van der Waals surface area contributed by atoms with Crippen molar-refractivity contribution in [1.82, 2.24) is 0 Å². The van der Waals surface area contributed by atoms with Crippen LogP contribution in [0.15, 0.2) is 18.2 Å². The van der Waals surface area contributed by atoms with Crippen LogP contribution in [0.1, 0.15) is 27.6 Å². The van der Waals surface area contributed by atoms with Gasteiger partial charge < -0.3 is 39.7 Å². The minimum Gasteiger partial charge on any atom is -0.504 e. The Balaban J connectivity index is 2.63. The summed E-state index contributed by atoms with van der Waals surface area (Å²) in [5, 5.41) is 48.9. The van der Waals surface area contributed by atoms with Crippen LogP contribution in [0.25, 0.3) is 0 Å². The molecule has 0 spiro atoms. The summed E-state index contributed by atoms with van der Waals surface area (Å²) in [6.45, 7) is 1.53. The number of carbonyl (C=O) groups is 2. The van der Waals surface area contributed by atoms with E-state index in [1.807, 2.05) is 0 Å². The smallest absolute Gasteiger partial charge is 0.342 e. The van der Waals surface area contributed by atoms with E-state index in [2.05, 4.69) is 0 Å². The third-order valence-corrected chi connectivity index (χ3v) is 3.41. The van der Waals surface area contributed by atoms with E-state index in [0.29, 0.717) is 0 Å². The van der Waals surface area contributed by atoms with Crippen molar-refractivity contribution in [3.05, 3.63) is 29.3 Å². The van der Waals surface area contributed by atoms with Crippen molar-refractivity contribution in [1.29, 1.82) is 0 Å². The number of rotatable bonds is 6. The van der Waals surface area contributed by atoms with Crippen LogP contribution in [0, 0.1) is 0 Å². The second kappa shape index (κ2) is 7.60. The van der Waals surface area contributed by atoms with E-state index < -0.39 is 52.0 Å². The number of hydrogen-bond acceptors (Lipinski definition) is 9. The minimum absolute atomic E-state index is 0.00790. The molecule has 0 atom stereocenters. The third kappa shape index (κ3) is 3.73. The quantitative estimate of drug-likeness (QED) is 0.371. The summed E-state index contributed by atoms with van der Waals surface area (Å²) >= 11 is 0. The Kier molecular flexibility index (Phi) is 5.49. The molecule has 0 aliphatic rings. The number of phenolic OH excluding ortho intramolecular Hbond substituents is 4. The van der Waals surface area contributed by atoms with Crippen LogP contribution >= 0.6 is 0 Å². The van der Waals surface area contributed by atoms with Crippen LogP contribution in [-0.2, 0) is 4.74 Å².